The molecule has 0 amide bonds. The molecular formula is C34H47ClO14. The summed E-state index contributed by atoms with van der Waals surface area (Å²) in [6.07, 6.45) is -8.58. The smallest absolute Gasteiger partial charge is 0.312 e. The van der Waals surface area contributed by atoms with Crippen molar-refractivity contribution in [1.82, 2.24) is 0 Å². The van der Waals surface area contributed by atoms with Crippen LogP contribution < -0.4 is 0 Å². The Morgan fingerprint density at radius 1 is 0.939 bits per heavy atom. The van der Waals surface area contributed by atoms with Gasteiger partial charge in [0.2, 0.25) is 0 Å². The van der Waals surface area contributed by atoms with E-state index in [1.54, 1.807) is 6.92 Å². The Bertz CT molecular complexity index is 1370. The summed E-state index contributed by atoms with van der Waals surface area (Å²) in [6.45, 7) is 15.2. The minimum atomic E-state index is -2.39. The van der Waals surface area contributed by atoms with Crippen molar-refractivity contribution in [3.05, 3.63) is 12.2 Å². The van der Waals surface area contributed by atoms with Gasteiger partial charge in [-0.15, -0.1) is 11.6 Å². The van der Waals surface area contributed by atoms with Gasteiger partial charge in [-0.25, -0.2) is 0 Å². The van der Waals surface area contributed by atoms with Crippen LogP contribution in [0, 0.1) is 23.2 Å². The molecule has 4 aliphatic rings. The fraction of sp³-hybridized carbons (Fsp3) is 0.765. The van der Waals surface area contributed by atoms with Crippen LogP contribution in [0.1, 0.15) is 81.1 Å². The fourth-order valence-corrected chi connectivity index (χ4v) is 8.32. The van der Waals surface area contributed by atoms with Crippen LogP contribution in [0.25, 0.3) is 0 Å². The Labute approximate surface area is 290 Å². The molecule has 0 radical (unpaired) electrons. The number of hydrogen-bond donors (Lipinski definition) is 1. The van der Waals surface area contributed by atoms with Crippen LogP contribution in [-0.2, 0) is 61.9 Å². The maximum absolute atomic E-state index is 13.4. The molecule has 0 aromatic heterocycles. The van der Waals surface area contributed by atoms with Gasteiger partial charge in [0.05, 0.1) is 23.3 Å². The number of aliphatic hydroxyl groups is 1. The molecule has 274 valence electrons. The second-order valence-corrected chi connectivity index (χ2v) is 14.7. The molecule has 4 rings (SSSR count). The second-order valence-electron chi connectivity index (χ2n) is 14.2. The molecule has 4 fully saturated rings. The summed E-state index contributed by atoms with van der Waals surface area (Å²) in [6, 6.07) is 0. The number of halogens is 1. The Morgan fingerprint density at radius 2 is 1.47 bits per heavy atom. The van der Waals surface area contributed by atoms with Crippen LogP contribution in [0.2, 0.25) is 0 Å². The lowest BCUT2D eigenvalue weighted by molar-refractivity contribution is -0.285. The van der Waals surface area contributed by atoms with E-state index in [0.717, 1.165) is 20.8 Å². The van der Waals surface area contributed by atoms with Crippen molar-refractivity contribution in [3.63, 3.8) is 0 Å². The number of carbonyl (C=O) groups excluding carboxylic acids is 6. The van der Waals surface area contributed by atoms with Crippen LogP contribution in [0.5, 0.6) is 0 Å². The summed E-state index contributed by atoms with van der Waals surface area (Å²) in [5.74, 6) is -7.39. The average Bonchev–Trinajstić information content (AvgIpc) is 3.74. The van der Waals surface area contributed by atoms with E-state index in [9.17, 15) is 33.9 Å². The first-order valence-electron chi connectivity index (χ1n) is 16.5. The van der Waals surface area contributed by atoms with Gasteiger partial charge in [-0.1, -0.05) is 32.9 Å². The number of carbonyl (C=O) groups is 6. The largest absolute Gasteiger partial charge is 0.462 e. The van der Waals surface area contributed by atoms with Gasteiger partial charge in [0.1, 0.15) is 17.8 Å². The molecule has 12 atom stereocenters. The van der Waals surface area contributed by atoms with Gasteiger partial charge in [-0.05, 0) is 32.1 Å². The highest BCUT2D eigenvalue weighted by molar-refractivity contribution is 6.23. The standard InChI is InChI=1S/C34H47ClO14/c1-15(2)10-13-23(40)48-25-28(45-19(6)37)32(9)22(44-18(5)36)12-11-16(3)24(35)27-34(42,17(4)31(41)49-27)30(47-21(8)39)26(32)33(14-43-33)29(25)46-20(7)38/h15,17,22,24-30,42H,3,10-14H2,1-2,4-9H3/t17-,22-,24-,25+,26+,27-,28-,29+,30-,32+,33-,34-/m0/s1. The van der Waals surface area contributed by atoms with Crippen molar-refractivity contribution in [1.29, 1.82) is 0 Å². The van der Waals surface area contributed by atoms with E-state index in [-0.39, 0.29) is 31.8 Å². The number of hydrogen-bond acceptors (Lipinski definition) is 14. The van der Waals surface area contributed by atoms with Crippen LogP contribution in [-0.4, -0.2) is 101 Å². The Hall–Kier alpha value is -3.23. The van der Waals surface area contributed by atoms with Crippen molar-refractivity contribution in [2.45, 2.75) is 134 Å². The molecule has 0 aromatic carbocycles. The second kappa shape index (κ2) is 14.2. The van der Waals surface area contributed by atoms with Crippen LogP contribution in [0.15, 0.2) is 12.2 Å². The van der Waals surface area contributed by atoms with Crippen molar-refractivity contribution >= 4 is 47.4 Å². The fourth-order valence-electron chi connectivity index (χ4n) is 7.96. The molecule has 0 bridgehead atoms. The van der Waals surface area contributed by atoms with Gasteiger partial charge < -0.3 is 38.3 Å². The van der Waals surface area contributed by atoms with Gasteiger partial charge in [0.15, 0.2) is 30.0 Å². The molecule has 14 nitrogen and oxygen atoms in total. The molecule has 2 saturated carbocycles. The summed E-state index contributed by atoms with van der Waals surface area (Å²) < 4.78 is 41.6. The van der Waals surface area contributed by atoms with E-state index in [2.05, 4.69) is 6.58 Å². The Morgan fingerprint density at radius 3 is 1.98 bits per heavy atom. The van der Waals surface area contributed by atoms with E-state index < -0.39 is 106 Å². The van der Waals surface area contributed by atoms with E-state index in [4.69, 9.17) is 44.8 Å². The third-order valence-corrected chi connectivity index (χ3v) is 10.9. The van der Waals surface area contributed by atoms with Crippen molar-refractivity contribution < 1.29 is 67.0 Å². The first-order chi connectivity index (χ1) is 22.7. The van der Waals surface area contributed by atoms with Gasteiger partial charge >= 0.3 is 35.8 Å². The zero-order chi connectivity index (χ0) is 36.8. The molecule has 2 heterocycles. The predicted octanol–water partition coefficient (Wildman–Crippen LogP) is 2.72. The third kappa shape index (κ3) is 7.05. The molecular weight excluding hydrogens is 668 g/mol. The minimum Gasteiger partial charge on any atom is -0.462 e. The monoisotopic (exact) mass is 714 g/mol. The molecule has 15 heteroatoms. The molecule has 1 spiro atoms. The van der Waals surface area contributed by atoms with Gasteiger partial charge in [0.25, 0.3) is 0 Å². The molecule has 2 aliphatic heterocycles. The summed E-state index contributed by atoms with van der Waals surface area (Å²) in [7, 11) is 0. The average molecular weight is 715 g/mol. The Balaban J connectivity index is 2.10. The normalized spacial score (nSPS) is 39.9. The number of esters is 6. The van der Waals surface area contributed by atoms with Crippen molar-refractivity contribution in [3.8, 4) is 0 Å². The van der Waals surface area contributed by atoms with E-state index in [1.807, 2.05) is 13.8 Å². The van der Waals surface area contributed by atoms with E-state index in [0.29, 0.717) is 12.0 Å². The highest BCUT2D eigenvalue weighted by atomic mass is 35.5. The van der Waals surface area contributed by atoms with Crippen molar-refractivity contribution in [2.24, 2.45) is 23.2 Å². The SMILES string of the molecule is C=C1CC[C@H](OC(C)=O)[C@@]2(C)[C@@H](OC(C)=O)[C@@H](OC(=O)CCC(C)C)[C@@H](OC(C)=O)[C@]3(CO3)[C@@H]2[C@H](OC(C)=O)[C@]2(O)[C@@H](C)C(=O)O[C@H]2[C@H]1Cl. The molecule has 49 heavy (non-hydrogen) atoms. The number of fused-ring (bicyclic) bond motifs is 3. The number of rotatable bonds is 8. The number of epoxide rings is 1. The first kappa shape index (κ1) is 38.6. The van der Waals surface area contributed by atoms with Crippen LogP contribution in [0.4, 0.5) is 0 Å². The van der Waals surface area contributed by atoms with Gasteiger partial charge in [-0.3, -0.25) is 28.8 Å². The Kier molecular flexibility index (Phi) is 11.2. The molecule has 0 unspecified atom stereocenters. The lowest BCUT2D eigenvalue weighted by atomic mass is 9.51. The lowest BCUT2D eigenvalue weighted by Crippen LogP contribution is -2.76. The highest BCUT2D eigenvalue weighted by Gasteiger charge is 2.81. The molecule has 0 aromatic rings. The molecule has 2 aliphatic carbocycles. The zero-order valence-corrected chi connectivity index (χ0v) is 29.9. The number of alkyl halides is 1. The molecule has 2 saturated heterocycles. The maximum Gasteiger partial charge on any atom is 0.312 e. The lowest BCUT2D eigenvalue weighted by Gasteiger charge is -2.60. The van der Waals surface area contributed by atoms with E-state index >= 15 is 0 Å². The zero-order valence-electron chi connectivity index (χ0n) is 29.1. The van der Waals surface area contributed by atoms with Crippen molar-refractivity contribution in [2.75, 3.05) is 6.61 Å². The summed E-state index contributed by atoms with van der Waals surface area (Å²) >= 11 is 6.86. The number of ether oxygens (including phenoxy) is 7. The predicted molar refractivity (Wildman–Crippen MR) is 168 cm³/mol. The highest BCUT2D eigenvalue weighted by Crippen LogP contribution is 2.64. The quantitative estimate of drug-likeness (QED) is 0.127. The van der Waals surface area contributed by atoms with Crippen LogP contribution >= 0.6 is 11.6 Å². The van der Waals surface area contributed by atoms with Gasteiger partial charge in [-0.2, -0.15) is 0 Å². The van der Waals surface area contributed by atoms with Crippen LogP contribution in [0.3, 0.4) is 0 Å². The maximum atomic E-state index is 13.4. The topological polar surface area (TPSA) is 191 Å². The minimum absolute atomic E-state index is 0.00380. The summed E-state index contributed by atoms with van der Waals surface area (Å²) in [5, 5.41) is 11.6. The summed E-state index contributed by atoms with van der Waals surface area (Å²) in [5.41, 5.74) is -5.54. The molecule has 1 N–H and O–H groups in total. The third-order valence-electron chi connectivity index (χ3n) is 10.3. The van der Waals surface area contributed by atoms with E-state index in [1.165, 1.54) is 13.8 Å². The first-order valence-corrected chi connectivity index (χ1v) is 16.9. The summed E-state index contributed by atoms with van der Waals surface area (Å²) in [4.78, 5) is 78.1. The van der Waals surface area contributed by atoms with Gasteiger partial charge in [0, 0.05) is 40.0 Å².